The summed E-state index contributed by atoms with van der Waals surface area (Å²) in [5.41, 5.74) is 0. The van der Waals surface area contributed by atoms with E-state index in [-0.39, 0.29) is 0 Å². The van der Waals surface area contributed by atoms with Gasteiger partial charge in [0.1, 0.15) is 5.75 Å². The van der Waals surface area contributed by atoms with Crippen molar-refractivity contribution in [1.29, 1.82) is 0 Å². The first-order valence-electron chi connectivity index (χ1n) is 5.38. The van der Waals surface area contributed by atoms with E-state index >= 15 is 0 Å². The average Bonchev–Trinajstić information content (AvgIpc) is 2.22. The summed E-state index contributed by atoms with van der Waals surface area (Å²) in [6, 6.07) is 3.98. The van der Waals surface area contributed by atoms with Gasteiger partial charge < -0.3 is 4.74 Å². The van der Waals surface area contributed by atoms with Gasteiger partial charge in [0, 0.05) is 9.80 Å². The van der Waals surface area contributed by atoms with Gasteiger partial charge in [0.05, 0.1) is 15.6 Å². The van der Waals surface area contributed by atoms with Crippen LogP contribution in [0.4, 0.5) is 0 Å². The van der Waals surface area contributed by atoms with Crippen LogP contribution in [0.5, 0.6) is 5.75 Å². The van der Waals surface area contributed by atoms with Gasteiger partial charge >= 0.3 is 0 Å². The normalized spacial score (nSPS) is 12.5. The van der Waals surface area contributed by atoms with Crippen LogP contribution >= 0.6 is 63.7 Å². The number of benzene rings is 1. The molecule has 0 aliphatic carbocycles. The average molecular weight is 494 g/mol. The van der Waals surface area contributed by atoms with Gasteiger partial charge in [-0.25, -0.2) is 0 Å². The minimum atomic E-state index is 0.683. The maximum atomic E-state index is 5.81. The molecule has 1 atom stereocenters. The van der Waals surface area contributed by atoms with Crippen molar-refractivity contribution in [2.75, 3.05) is 11.9 Å². The molecule has 0 bridgehead atoms. The molecular weight excluding hydrogens is 480 g/mol. The van der Waals surface area contributed by atoms with Gasteiger partial charge in [-0.2, -0.15) is 0 Å². The fourth-order valence-corrected chi connectivity index (χ4v) is 4.63. The Kier molecular flexibility index (Phi) is 7.70. The minimum absolute atomic E-state index is 0.683. The highest BCUT2D eigenvalue weighted by atomic mass is 79.9. The molecule has 1 unspecified atom stereocenters. The van der Waals surface area contributed by atoms with Gasteiger partial charge in [-0.15, -0.1) is 0 Å². The molecule has 1 aromatic carbocycles. The first-order chi connectivity index (χ1) is 8.04. The van der Waals surface area contributed by atoms with E-state index in [0.717, 1.165) is 37.5 Å². The zero-order valence-corrected chi connectivity index (χ0v) is 15.8. The molecule has 0 aliphatic rings. The number of ether oxygens (including phenoxy) is 1. The molecule has 0 radical (unpaired) electrons. The standard InChI is InChI=1S/C12H14Br4O/c1-8(2-4-13)3-5-17-12-10(15)6-9(14)7-11(12)16/h6-8H,2-5H2,1H3. The van der Waals surface area contributed by atoms with Crippen LogP contribution in [0.3, 0.4) is 0 Å². The van der Waals surface area contributed by atoms with Gasteiger partial charge in [-0.05, 0) is 62.8 Å². The van der Waals surface area contributed by atoms with Crippen molar-refractivity contribution in [3.8, 4) is 5.75 Å². The Morgan fingerprint density at radius 3 is 2.24 bits per heavy atom. The molecule has 0 amide bonds. The summed E-state index contributed by atoms with van der Waals surface area (Å²) >= 11 is 13.9. The van der Waals surface area contributed by atoms with Crippen molar-refractivity contribution >= 4 is 63.7 Å². The van der Waals surface area contributed by atoms with E-state index in [1.54, 1.807) is 0 Å². The number of hydrogen-bond acceptors (Lipinski definition) is 1. The Morgan fingerprint density at radius 1 is 1.12 bits per heavy atom. The summed E-state index contributed by atoms with van der Waals surface area (Å²) in [4.78, 5) is 0. The lowest BCUT2D eigenvalue weighted by molar-refractivity contribution is 0.279. The fourth-order valence-electron chi connectivity index (χ4n) is 1.36. The minimum Gasteiger partial charge on any atom is -0.491 e. The summed E-state index contributed by atoms with van der Waals surface area (Å²) in [7, 11) is 0. The van der Waals surface area contributed by atoms with Crippen molar-refractivity contribution in [3.05, 3.63) is 25.6 Å². The molecule has 1 nitrogen and oxygen atoms in total. The molecule has 0 aromatic heterocycles. The molecule has 1 rings (SSSR count). The maximum absolute atomic E-state index is 5.81. The van der Waals surface area contributed by atoms with Crippen molar-refractivity contribution in [3.63, 3.8) is 0 Å². The first kappa shape index (κ1) is 16.0. The van der Waals surface area contributed by atoms with Gasteiger partial charge in [0.15, 0.2) is 0 Å². The van der Waals surface area contributed by atoms with Crippen LogP contribution in [0.25, 0.3) is 0 Å². The molecule has 96 valence electrons. The lowest BCUT2D eigenvalue weighted by atomic mass is 10.1. The summed E-state index contributed by atoms with van der Waals surface area (Å²) in [6.07, 6.45) is 2.26. The van der Waals surface area contributed by atoms with Crippen molar-refractivity contribution in [2.24, 2.45) is 5.92 Å². The zero-order valence-electron chi connectivity index (χ0n) is 9.48. The Bertz CT molecular complexity index is 345. The van der Waals surface area contributed by atoms with Crippen molar-refractivity contribution < 1.29 is 4.74 Å². The summed E-state index contributed by atoms with van der Waals surface area (Å²) < 4.78 is 8.76. The van der Waals surface area contributed by atoms with E-state index in [1.807, 2.05) is 12.1 Å². The van der Waals surface area contributed by atoms with Gasteiger partial charge in [0.25, 0.3) is 0 Å². The highest BCUT2D eigenvalue weighted by Gasteiger charge is 2.09. The third kappa shape index (κ3) is 5.62. The molecule has 17 heavy (non-hydrogen) atoms. The number of halogens is 4. The monoisotopic (exact) mass is 490 g/mol. The number of hydrogen-bond donors (Lipinski definition) is 0. The van der Waals surface area contributed by atoms with Gasteiger partial charge in [-0.3, -0.25) is 0 Å². The first-order valence-corrected chi connectivity index (χ1v) is 8.88. The Balaban J connectivity index is 2.52. The van der Waals surface area contributed by atoms with Gasteiger partial charge in [-0.1, -0.05) is 38.8 Å². The Labute approximate surface area is 136 Å². The molecule has 0 fully saturated rings. The van der Waals surface area contributed by atoms with Crippen LogP contribution in [0.1, 0.15) is 19.8 Å². The lowest BCUT2D eigenvalue weighted by Crippen LogP contribution is -2.05. The second-order valence-electron chi connectivity index (χ2n) is 3.92. The second-order valence-corrected chi connectivity index (χ2v) is 7.34. The van der Waals surface area contributed by atoms with Crippen molar-refractivity contribution in [1.82, 2.24) is 0 Å². The Hall–Kier alpha value is 0.940. The smallest absolute Gasteiger partial charge is 0.147 e. The maximum Gasteiger partial charge on any atom is 0.147 e. The van der Waals surface area contributed by atoms with Crippen LogP contribution in [0, 0.1) is 5.92 Å². The molecular formula is C12H14Br4O. The molecule has 0 N–H and O–H groups in total. The molecule has 0 saturated heterocycles. The quantitative estimate of drug-likeness (QED) is 0.431. The molecule has 0 spiro atoms. The van der Waals surface area contributed by atoms with Crippen LogP contribution in [-0.4, -0.2) is 11.9 Å². The topological polar surface area (TPSA) is 9.23 Å². The van der Waals surface area contributed by atoms with Gasteiger partial charge in [0.2, 0.25) is 0 Å². The van der Waals surface area contributed by atoms with Crippen LogP contribution < -0.4 is 4.74 Å². The third-order valence-electron chi connectivity index (χ3n) is 2.42. The van der Waals surface area contributed by atoms with E-state index in [2.05, 4.69) is 70.6 Å². The molecule has 0 aliphatic heterocycles. The summed E-state index contributed by atoms with van der Waals surface area (Å²) in [6.45, 7) is 2.99. The third-order valence-corrected chi connectivity index (χ3v) is 4.52. The van der Waals surface area contributed by atoms with E-state index in [4.69, 9.17) is 4.74 Å². The number of rotatable bonds is 6. The molecule has 0 heterocycles. The molecule has 5 heteroatoms. The summed E-state index contributed by atoms with van der Waals surface area (Å²) in [5.74, 6) is 1.56. The van der Waals surface area contributed by atoms with E-state index < -0.39 is 0 Å². The SMILES string of the molecule is CC(CCBr)CCOc1c(Br)cc(Br)cc1Br. The predicted molar refractivity (Wildman–Crippen MR) is 87.2 cm³/mol. The summed E-state index contributed by atoms with van der Waals surface area (Å²) in [5, 5.41) is 1.06. The highest BCUT2D eigenvalue weighted by molar-refractivity contribution is 9.11. The van der Waals surface area contributed by atoms with Crippen LogP contribution in [-0.2, 0) is 0 Å². The van der Waals surface area contributed by atoms with E-state index in [9.17, 15) is 0 Å². The number of alkyl halides is 1. The largest absolute Gasteiger partial charge is 0.491 e. The fraction of sp³-hybridized carbons (Fsp3) is 0.500. The predicted octanol–water partition coefficient (Wildman–Crippen LogP) is 6.16. The lowest BCUT2D eigenvalue weighted by Gasteiger charge is -2.13. The van der Waals surface area contributed by atoms with E-state index in [1.165, 1.54) is 6.42 Å². The van der Waals surface area contributed by atoms with Crippen molar-refractivity contribution in [2.45, 2.75) is 19.8 Å². The Morgan fingerprint density at radius 2 is 1.71 bits per heavy atom. The highest BCUT2D eigenvalue weighted by Crippen LogP contribution is 2.36. The molecule has 0 saturated carbocycles. The second kappa shape index (κ2) is 8.18. The zero-order chi connectivity index (χ0) is 12.8. The van der Waals surface area contributed by atoms with E-state index in [0.29, 0.717) is 5.92 Å². The van der Waals surface area contributed by atoms with Crippen LogP contribution in [0.15, 0.2) is 25.6 Å². The van der Waals surface area contributed by atoms with Crippen LogP contribution in [0.2, 0.25) is 0 Å². The molecule has 1 aromatic rings.